The lowest BCUT2D eigenvalue weighted by Gasteiger charge is -2.40. The van der Waals surface area contributed by atoms with Gasteiger partial charge >= 0.3 is 6.18 Å². The molecule has 3 aromatic rings. The number of halogens is 4. The number of carbonyl (C=O) groups is 5. The Balaban J connectivity index is 1.18. The minimum atomic E-state index is -4.57. The van der Waals surface area contributed by atoms with E-state index in [1.807, 2.05) is 0 Å². The summed E-state index contributed by atoms with van der Waals surface area (Å²) in [6.07, 6.45) is 0.124. The van der Waals surface area contributed by atoms with Crippen molar-refractivity contribution < 1.29 is 37.1 Å². The SMILES string of the molecule is O=C1CCC(N2C(=O)c3ccc(Nc4cnn(C5(C(=O)Nc6ccc(C(F)(F)F)cc6Cl)CCC5)c4)cc3C2=O)C(=O)N1. The summed E-state index contributed by atoms with van der Waals surface area (Å²) in [4.78, 5) is 64.1. The predicted molar refractivity (Wildman–Crippen MR) is 146 cm³/mol. The molecule has 6 rings (SSSR count). The number of piperidine rings is 1. The average Bonchev–Trinajstić information content (AvgIpc) is 3.46. The van der Waals surface area contributed by atoms with Gasteiger partial charge in [-0.15, -0.1) is 0 Å². The second-order valence-corrected chi connectivity index (χ2v) is 10.9. The van der Waals surface area contributed by atoms with Crippen molar-refractivity contribution in [2.75, 3.05) is 10.6 Å². The number of nitrogens with zero attached hydrogens (tertiary/aromatic N) is 3. The second-order valence-electron chi connectivity index (χ2n) is 10.5. The molecule has 0 spiro atoms. The normalized spacial score (nSPS) is 19.5. The molecule has 1 saturated carbocycles. The summed E-state index contributed by atoms with van der Waals surface area (Å²) in [5.41, 5.74) is -0.857. The van der Waals surface area contributed by atoms with Crippen LogP contribution in [0.5, 0.6) is 0 Å². The Morgan fingerprint density at radius 1 is 1.02 bits per heavy atom. The zero-order chi connectivity index (χ0) is 30.7. The molecule has 0 radical (unpaired) electrons. The standard InChI is InChI=1S/C28H22ClF3N6O5/c29-19-10-14(28(30,31)32)2-5-20(19)35-26(43)27(8-1-9-27)37-13-16(12-33-37)34-15-3-4-17-18(11-15)25(42)38(24(17)41)21-6-7-22(39)36-23(21)40/h2-5,10-13,21,34H,1,6-9H2,(H,35,43)(H,36,39,40). The molecule has 43 heavy (non-hydrogen) atoms. The number of carbonyl (C=O) groups excluding carboxylic acids is 5. The predicted octanol–water partition coefficient (Wildman–Crippen LogP) is 4.22. The molecule has 1 aromatic heterocycles. The molecule has 3 aliphatic rings. The Morgan fingerprint density at radius 2 is 1.77 bits per heavy atom. The number of amides is 5. The molecule has 1 atom stereocenters. The number of hydrogen-bond acceptors (Lipinski definition) is 7. The number of alkyl halides is 3. The van der Waals surface area contributed by atoms with Gasteiger partial charge in [0.15, 0.2) is 0 Å². The zero-order valence-corrected chi connectivity index (χ0v) is 22.9. The van der Waals surface area contributed by atoms with Crippen LogP contribution in [0.1, 0.15) is 58.4 Å². The van der Waals surface area contributed by atoms with E-state index in [1.165, 1.54) is 23.0 Å². The lowest BCUT2D eigenvalue weighted by atomic mass is 9.76. The van der Waals surface area contributed by atoms with Crippen LogP contribution in [0.4, 0.5) is 30.2 Å². The van der Waals surface area contributed by atoms with E-state index in [9.17, 15) is 37.1 Å². The quantitative estimate of drug-likeness (QED) is 0.353. The maximum absolute atomic E-state index is 13.3. The summed E-state index contributed by atoms with van der Waals surface area (Å²) in [5, 5.41) is 11.9. The smallest absolute Gasteiger partial charge is 0.353 e. The number of hydrogen-bond donors (Lipinski definition) is 3. The first-order chi connectivity index (χ1) is 20.4. The van der Waals surface area contributed by atoms with Crippen LogP contribution in [0.15, 0.2) is 48.8 Å². The number of anilines is 3. The number of fused-ring (bicyclic) bond motifs is 1. The van der Waals surface area contributed by atoms with Gasteiger partial charge in [-0.25, -0.2) is 0 Å². The van der Waals surface area contributed by atoms with Crippen molar-refractivity contribution in [3.8, 4) is 0 Å². The van der Waals surface area contributed by atoms with Gasteiger partial charge in [0.25, 0.3) is 17.7 Å². The third-order valence-corrected chi connectivity index (χ3v) is 8.21. The molecular formula is C28H22ClF3N6O5. The molecule has 15 heteroatoms. The van der Waals surface area contributed by atoms with Gasteiger partial charge in [0.2, 0.25) is 11.8 Å². The number of aromatic nitrogens is 2. The number of imide groups is 2. The van der Waals surface area contributed by atoms with Crippen molar-refractivity contribution in [2.45, 2.75) is 49.9 Å². The van der Waals surface area contributed by atoms with Crippen molar-refractivity contribution in [2.24, 2.45) is 0 Å². The Kier molecular flexibility index (Phi) is 6.75. The summed E-state index contributed by atoms with van der Waals surface area (Å²) in [6.45, 7) is 0. The summed E-state index contributed by atoms with van der Waals surface area (Å²) >= 11 is 6.03. The van der Waals surface area contributed by atoms with Gasteiger partial charge in [0, 0.05) is 18.3 Å². The van der Waals surface area contributed by atoms with E-state index in [1.54, 1.807) is 12.3 Å². The second kappa shape index (κ2) is 10.2. The first-order valence-electron chi connectivity index (χ1n) is 13.2. The molecular weight excluding hydrogens is 593 g/mol. The molecule has 2 aromatic carbocycles. The summed E-state index contributed by atoms with van der Waals surface area (Å²) in [7, 11) is 0. The molecule has 222 valence electrons. The monoisotopic (exact) mass is 614 g/mol. The van der Waals surface area contributed by atoms with Crippen LogP contribution in [-0.4, -0.2) is 50.3 Å². The van der Waals surface area contributed by atoms with Gasteiger partial charge in [-0.05, 0) is 62.1 Å². The molecule has 1 saturated heterocycles. The molecule has 3 heterocycles. The lowest BCUT2D eigenvalue weighted by molar-refractivity contribution is -0.138. The summed E-state index contributed by atoms with van der Waals surface area (Å²) in [6, 6.07) is 6.12. The topological polar surface area (TPSA) is 142 Å². The van der Waals surface area contributed by atoms with Crippen LogP contribution in [0.3, 0.4) is 0 Å². The maximum Gasteiger partial charge on any atom is 0.416 e. The van der Waals surface area contributed by atoms with Gasteiger partial charge in [-0.1, -0.05) is 11.6 Å². The fraction of sp³-hybridized carbons (Fsp3) is 0.286. The van der Waals surface area contributed by atoms with Crippen molar-refractivity contribution in [1.82, 2.24) is 20.0 Å². The van der Waals surface area contributed by atoms with Crippen LogP contribution >= 0.6 is 11.6 Å². The summed E-state index contributed by atoms with van der Waals surface area (Å²) < 4.78 is 40.5. The highest BCUT2D eigenvalue weighted by molar-refractivity contribution is 6.33. The van der Waals surface area contributed by atoms with E-state index in [2.05, 4.69) is 21.0 Å². The molecule has 11 nitrogen and oxygen atoms in total. The highest BCUT2D eigenvalue weighted by Crippen LogP contribution is 2.42. The van der Waals surface area contributed by atoms with E-state index >= 15 is 0 Å². The van der Waals surface area contributed by atoms with Crippen LogP contribution in [0, 0.1) is 0 Å². The maximum atomic E-state index is 13.3. The Hall–Kier alpha value is -4.72. The third-order valence-electron chi connectivity index (χ3n) is 7.90. The molecule has 1 unspecified atom stereocenters. The Labute approximate surface area is 246 Å². The largest absolute Gasteiger partial charge is 0.416 e. The zero-order valence-electron chi connectivity index (χ0n) is 22.1. The van der Waals surface area contributed by atoms with E-state index in [4.69, 9.17) is 11.6 Å². The lowest BCUT2D eigenvalue weighted by Crippen LogP contribution is -2.54. The fourth-order valence-corrected chi connectivity index (χ4v) is 5.67. The van der Waals surface area contributed by atoms with Gasteiger partial charge in [0.1, 0.15) is 11.6 Å². The van der Waals surface area contributed by atoms with Crippen LogP contribution in [-0.2, 0) is 26.1 Å². The highest BCUT2D eigenvalue weighted by atomic mass is 35.5. The van der Waals surface area contributed by atoms with E-state index < -0.39 is 52.9 Å². The minimum Gasteiger partial charge on any atom is -0.353 e. The molecule has 3 N–H and O–H groups in total. The van der Waals surface area contributed by atoms with E-state index in [0.29, 0.717) is 24.2 Å². The van der Waals surface area contributed by atoms with Gasteiger partial charge < -0.3 is 10.6 Å². The van der Waals surface area contributed by atoms with E-state index in [-0.39, 0.29) is 34.7 Å². The number of rotatable bonds is 6. The van der Waals surface area contributed by atoms with Crippen LogP contribution in [0.25, 0.3) is 0 Å². The third kappa shape index (κ3) is 4.90. The van der Waals surface area contributed by atoms with Crippen molar-refractivity contribution >= 4 is 58.2 Å². The first kappa shape index (κ1) is 28.4. The van der Waals surface area contributed by atoms with Gasteiger partial charge in [-0.2, -0.15) is 18.3 Å². The first-order valence-corrected chi connectivity index (χ1v) is 13.6. The van der Waals surface area contributed by atoms with E-state index in [0.717, 1.165) is 29.5 Å². The number of nitrogens with one attached hydrogen (secondary N) is 3. The average molecular weight is 615 g/mol. The summed E-state index contributed by atoms with van der Waals surface area (Å²) in [5.74, 6) is -2.92. The van der Waals surface area contributed by atoms with Crippen molar-refractivity contribution in [3.63, 3.8) is 0 Å². The van der Waals surface area contributed by atoms with Crippen molar-refractivity contribution in [3.05, 3.63) is 70.5 Å². The van der Waals surface area contributed by atoms with Crippen LogP contribution < -0.4 is 16.0 Å². The highest BCUT2D eigenvalue weighted by Gasteiger charge is 2.47. The minimum absolute atomic E-state index is 0.0114. The van der Waals surface area contributed by atoms with Gasteiger partial charge in [-0.3, -0.25) is 38.9 Å². The molecule has 0 bridgehead atoms. The van der Waals surface area contributed by atoms with Gasteiger partial charge in [0.05, 0.1) is 39.3 Å². The Bertz CT molecular complexity index is 1720. The van der Waals surface area contributed by atoms with Crippen molar-refractivity contribution in [1.29, 1.82) is 0 Å². The molecule has 2 fully saturated rings. The fourth-order valence-electron chi connectivity index (χ4n) is 5.44. The molecule has 5 amide bonds. The number of benzene rings is 2. The Morgan fingerprint density at radius 3 is 2.42 bits per heavy atom. The molecule has 1 aliphatic carbocycles. The molecule has 2 aliphatic heterocycles. The van der Waals surface area contributed by atoms with Crippen LogP contribution in [0.2, 0.25) is 5.02 Å².